The van der Waals surface area contributed by atoms with E-state index in [0.29, 0.717) is 16.7 Å². The Balaban J connectivity index is 1.46. The van der Waals surface area contributed by atoms with E-state index in [1.165, 1.54) is 35.3 Å². The average molecular weight is 528 g/mol. The standard InChI is InChI=1S/C23H25N7O4S2/c1-15-4-9-21(35-15)36(33,34)28-23(32)27-17-6-8-20(25-13-17)30-14-26-19-12-16(24-10-11-29(2)3)5-7-18(19)22(30)31/h4-9,12-14,24H,10-11H2,1-3H3,(H2,27,28,32). The predicted molar refractivity (Wildman–Crippen MR) is 141 cm³/mol. The normalized spacial score (nSPS) is 11.6. The molecule has 0 aliphatic rings. The number of thiophene rings is 1. The summed E-state index contributed by atoms with van der Waals surface area (Å²) < 4.78 is 27.9. The van der Waals surface area contributed by atoms with Crippen LogP contribution in [0.5, 0.6) is 0 Å². The summed E-state index contributed by atoms with van der Waals surface area (Å²) in [5, 5.41) is 6.17. The molecule has 0 unspecified atom stereocenters. The van der Waals surface area contributed by atoms with Crippen molar-refractivity contribution >= 4 is 49.7 Å². The van der Waals surface area contributed by atoms with Crippen LogP contribution in [0.3, 0.4) is 0 Å². The summed E-state index contributed by atoms with van der Waals surface area (Å²) in [5.74, 6) is 0.301. The van der Waals surface area contributed by atoms with Crippen molar-refractivity contribution in [2.24, 2.45) is 0 Å². The first-order valence-electron chi connectivity index (χ1n) is 10.9. The van der Waals surface area contributed by atoms with Gasteiger partial charge >= 0.3 is 6.03 Å². The highest BCUT2D eigenvalue weighted by Gasteiger charge is 2.19. The molecule has 1 aromatic carbocycles. The number of rotatable bonds is 8. The number of sulfonamides is 1. The Morgan fingerprint density at radius 1 is 1.08 bits per heavy atom. The minimum Gasteiger partial charge on any atom is -0.384 e. The van der Waals surface area contributed by atoms with Crippen molar-refractivity contribution < 1.29 is 13.2 Å². The fourth-order valence-corrected chi connectivity index (χ4v) is 5.50. The molecule has 0 saturated carbocycles. The number of anilines is 2. The first-order chi connectivity index (χ1) is 17.1. The molecule has 11 nitrogen and oxygen atoms in total. The van der Waals surface area contributed by atoms with E-state index in [4.69, 9.17) is 0 Å². The zero-order valence-corrected chi connectivity index (χ0v) is 21.5. The van der Waals surface area contributed by atoms with Gasteiger partial charge in [0.25, 0.3) is 15.6 Å². The van der Waals surface area contributed by atoms with Crippen molar-refractivity contribution in [3.8, 4) is 5.82 Å². The summed E-state index contributed by atoms with van der Waals surface area (Å²) >= 11 is 1.06. The van der Waals surface area contributed by atoms with E-state index in [2.05, 4.69) is 25.5 Å². The van der Waals surface area contributed by atoms with Gasteiger partial charge in [0.2, 0.25) is 0 Å². The van der Waals surface area contributed by atoms with Crippen molar-refractivity contribution in [3.63, 3.8) is 0 Å². The molecule has 4 rings (SSSR count). The van der Waals surface area contributed by atoms with Crippen LogP contribution in [-0.4, -0.2) is 61.1 Å². The van der Waals surface area contributed by atoms with Gasteiger partial charge in [-0.1, -0.05) is 0 Å². The summed E-state index contributed by atoms with van der Waals surface area (Å²) in [7, 11) is 0.0172. The zero-order valence-electron chi connectivity index (χ0n) is 19.8. The Kier molecular flexibility index (Phi) is 7.33. The van der Waals surface area contributed by atoms with Gasteiger partial charge in [0.05, 0.1) is 22.8 Å². The molecule has 2 amide bonds. The Morgan fingerprint density at radius 3 is 2.53 bits per heavy atom. The summed E-state index contributed by atoms with van der Waals surface area (Å²) in [5.41, 5.74) is 1.40. The van der Waals surface area contributed by atoms with Gasteiger partial charge < -0.3 is 15.5 Å². The Bertz CT molecular complexity index is 1560. The number of likely N-dealkylation sites (N-methyl/N-ethyl adjacent to an activating group) is 1. The number of amides is 2. The molecule has 188 valence electrons. The zero-order chi connectivity index (χ0) is 25.9. The van der Waals surface area contributed by atoms with Crippen LogP contribution in [0.15, 0.2) is 64.0 Å². The molecular weight excluding hydrogens is 502 g/mol. The Labute approximate surface area is 211 Å². The van der Waals surface area contributed by atoms with E-state index in [1.807, 2.05) is 31.0 Å². The fraction of sp³-hybridized carbons (Fsp3) is 0.217. The maximum atomic E-state index is 13.0. The molecule has 3 N–H and O–H groups in total. The van der Waals surface area contributed by atoms with Crippen molar-refractivity contribution in [1.82, 2.24) is 24.2 Å². The maximum Gasteiger partial charge on any atom is 0.333 e. The summed E-state index contributed by atoms with van der Waals surface area (Å²) in [6, 6.07) is 10.6. The van der Waals surface area contributed by atoms with Gasteiger partial charge in [0, 0.05) is 23.7 Å². The Morgan fingerprint density at radius 2 is 1.86 bits per heavy atom. The monoisotopic (exact) mass is 527 g/mol. The second-order valence-electron chi connectivity index (χ2n) is 8.21. The second-order valence-corrected chi connectivity index (χ2v) is 11.4. The van der Waals surface area contributed by atoms with Gasteiger partial charge in [0.1, 0.15) is 16.4 Å². The minimum absolute atomic E-state index is 0.0447. The van der Waals surface area contributed by atoms with Crippen molar-refractivity contribution in [2.75, 3.05) is 37.8 Å². The number of carbonyl (C=O) groups is 1. The van der Waals surface area contributed by atoms with Crippen molar-refractivity contribution in [1.29, 1.82) is 0 Å². The van der Waals surface area contributed by atoms with Gasteiger partial charge in [-0.3, -0.25) is 9.36 Å². The van der Waals surface area contributed by atoms with Crippen LogP contribution in [0.4, 0.5) is 16.2 Å². The van der Waals surface area contributed by atoms with Crippen LogP contribution in [-0.2, 0) is 10.0 Å². The molecule has 0 saturated heterocycles. The van der Waals surface area contributed by atoms with E-state index in [0.717, 1.165) is 35.0 Å². The van der Waals surface area contributed by atoms with Crippen LogP contribution in [0.25, 0.3) is 16.7 Å². The predicted octanol–water partition coefficient (Wildman–Crippen LogP) is 2.63. The van der Waals surface area contributed by atoms with Crippen LogP contribution in [0.2, 0.25) is 0 Å². The number of urea groups is 1. The summed E-state index contributed by atoms with van der Waals surface area (Å²) in [4.78, 5) is 36.7. The number of carbonyl (C=O) groups excluding carboxylic acids is 1. The highest BCUT2D eigenvalue weighted by atomic mass is 32.2. The molecule has 0 radical (unpaired) electrons. The van der Waals surface area contributed by atoms with Crippen LogP contribution in [0, 0.1) is 6.92 Å². The lowest BCUT2D eigenvalue weighted by Gasteiger charge is -2.12. The number of nitrogens with zero attached hydrogens (tertiary/aromatic N) is 4. The van der Waals surface area contributed by atoms with Gasteiger partial charge in [-0.15, -0.1) is 11.3 Å². The molecule has 13 heteroatoms. The maximum absolute atomic E-state index is 13.0. The number of aryl methyl sites for hydroxylation is 1. The third kappa shape index (κ3) is 5.87. The van der Waals surface area contributed by atoms with Crippen LogP contribution < -0.4 is 20.9 Å². The molecular formula is C23H25N7O4S2. The Hall–Kier alpha value is -3.81. The molecule has 0 aliphatic carbocycles. The van der Waals surface area contributed by atoms with Gasteiger partial charge in [-0.05, 0) is 63.5 Å². The lowest BCUT2D eigenvalue weighted by atomic mass is 10.2. The number of fused-ring (bicyclic) bond motifs is 1. The van der Waals surface area contributed by atoms with Crippen molar-refractivity contribution in [2.45, 2.75) is 11.1 Å². The third-order valence-corrected chi connectivity index (χ3v) is 7.93. The number of benzene rings is 1. The third-order valence-electron chi connectivity index (χ3n) is 5.11. The molecule has 36 heavy (non-hydrogen) atoms. The number of hydrogen-bond donors (Lipinski definition) is 3. The van der Waals surface area contributed by atoms with E-state index in [1.54, 1.807) is 19.1 Å². The first kappa shape index (κ1) is 25.3. The topological polar surface area (TPSA) is 138 Å². The minimum atomic E-state index is -3.97. The van der Waals surface area contributed by atoms with E-state index in [-0.39, 0.29) is 15.5 Å². The SMILES string of the molecule is Cc1ccc(S(=O)(=O)NC(=O)Nc2ccc(-n3cnc4cc(NCCN(C)C)ccc4c3=O)nc2)s1. The molecule has 3 aromatic heterocycles. The molecule has 4 aromatic rings. The molecule has 0 spiro atoms. The van der Waals surface area contributed by atoms with Gasteiger partial charge in [0.15, 0.2) is 0 Å². The average Bonchev–Trinajstić information content (AvgIpc) is 3.27. The molecule has 3 heterocycles. The quantitative estimate of drug-likeness (QED) is 0.318. The van der Waals surface area contributed by atoms with E-state index >= 15 is 0 Å². The lowest BCUT2D eigenvalue weighted by Crippen LogP contribution is -2.34. The molecule has 0 fully saturated rings. The smallest absolute Gasteiger partial charge is 0.333 e. The molecule has 0 aliphatic heterocycles. The largest absolute Gasteiger partial charge is 0.384 e. The van der Waals surface area contributed by atoms with E-state index in [9.17, 15) is 18.0 Å². The number of pyridine rings is 1. The second kappa shape index (κ2) is 10.4. The van der Waals surface area contributed by atoms with Crippen LogP contribution in [0.1, 0.15) is 4.88 Å². The van der Waals surface area contributed by atoms with E-state index < -0.39 is 16.1 Å². The fourth-order valence-electron chi connectivity index (χ4n) is 3.31. The lowest BCUT2D eigenvalue weighted by molar-refractivity contribution is 0.256. The van der Waals surface area contributed by atoms with Crippen molar-refractivity contribution in [3.05, 3.63) is 70.2 Å². The first-order valence-corrected chi connectivity index (χ1v) is 13.2. The molecule has 0 atom stereocenters. The summed E-state index contributed by atoms with van der Waals surface area (Å²) in [6.45, 7) is 3.41. The number of nitrogens with one attached hydrogen (secondary N) is 3. The molecule has 0 bridgehead atoms. The van der Waals surface area contributed by atoms with Gasteiger partial charge in [-0.25, -0.2) is 27.9 Å². The highest BCUT2D eigenvalue weighted by Crippen LogP contribution is 2.20. The number of hydrogen-bond acceptors (Lipinski definition) is 9. The number of aromatic nitrogens is 3. The summed E-state index contributed by atoms with van der Waals surface area (Å²) in [6.07, 6.45) is 2.72. The van der Waals surface area contributed by atoms with Crippen LogP contribution >= 0.6 is 11.3 Å². The highest BCUT2D eigenvalue weighted by molar-refractivity contribution is 7.92. The van der Waals surface area contributed by atoms with Gasteiger partial charge in [-0.2, -0.15) is 0 Å².